The number of ether oxygens (including phenoxy) is 2. The summed E-state index contributed by atoms with van der Waals surface area (Å²) in [6, 6.07) is -1.21. The van der Waals surface area contributed by atoms with Gasteiger partial charge >= 0.3 is 18.0 Å². The molecule has 0 aromatic carbocycles. The predicted molar refractivity (Wildman–Crippen MR) is 127 cm³/mol. The van der Waals surface area contributed by atoms with Crippen molar-refractivity contribution < 1.29 is 33.4 Å². The molecule has 3 aliphatic rings. The van der Waals surface area contributed by atoms with Crippen LogP contribution in [0.5, 0.6) is 0 Å². The van der Waals surface area contributed by atoms with Gasteiger partial charge in [-0.3, -0.25) is 29.0 Å². The SMILES string of the molecule is CCOC(=O)CCC1(CCC(=O)OCC)C(=O)N(C2CC=CCC2)C(=O)N(C2CCCCC2)C1=O. The van der Waals surface area contributed by atoms with Gasteiger partial charge in [-0.1, -0.05) is 31.4 Å². The molecule has 1 heterocycles. The number of esters is 2. The summed E-state index contributed by atoms with van der Waals surface area (Å²) in [5.41, 5.74) is -1.69. The summed E-state index contributed by atoms with van der Waals surface area (Å²) in [7, 11) is 0. The van der Waals surface area contributed by atoms with E-state index in [-0.39, 0.29) is 51.0 Å². The lowest BCUT2D eigenvalue weighted by Crippen LogP contribution is -2.69. The van der Waals surface area contributed by atoms with E-state index in [9.17, 15) is 24.0 Å². The lowest BCUT2D eigenvalue weighted by molar-refractivity contribution is -0.165. The molecule has 1 atom stereocenters. The van der Waals surface area contributed by atoms with Gasteiger partial charge in [-0.2, -0.15) is 0 Å². The summed E-state index contributed by atoms with van der Waals surface area (Å²) >= 11 is 0. The lowest BCUT2D eigenvalue weighted by Gasteiger charge is -2.49. The minimum absolute atomic E-state index is 0.113. The molecule has 1 saturated carbocycles. The number of urea groups is 1. The summed E-state index contributed by atoms with van der Waals surface area (Å²) in [5, 5.41) is 0. The number of nitrogens with zero attached hydrogens (tertiary/aromatic N) is 2. The first-order valence-electron chi connectivity index (χ1n) is 13.0. The van der Waals surface area contributed by atoms with Gasteiger partial charge in [0.25, 0.3) is 0 Å². The standard InChI is InChI=1S/C26H38N2O7/c1-3-34-21(29)15-17-26(18-16-22(30)35-4-2)23(31)27(19-11-7-5-8-12-19)25(33)28(24(26)32)20-13-9-6-10-14-20/h5,7,19-20H,3-4,6,8-18H2,1-2H3. The highest BCUT2D eigenvalue weighted by molar-refractivity contribution is 6.19. The summed E-state index contributed by atoms with van der Waals surface area (Å²) in [5.74, 6) is -2.22. The fraction of sp³-hybridized carbons (Fsp3) is 0.731. The molecular formula is C26H38N2O7. The molecule has 0 spiro atoms. The van der Waals surface area contributed by atoms with Crippen molar-refractivity contribution in [1.29, 1.82) is 0 Å². The number of hydrogen-bond acceptors (Lipinski definition) is 7. The van der Waals surface area contributed by atoms with Crippen LogP contribution in [0.2, 0.25) is 0 Å². The Balaban J connectivity index is 2.02. The highest BCUT2D eigenvalue weighted by Gasteiger charge is 2.59. The topological polar surface area (TPSA) is 110 Å². The first kappa shape index (κ1) is 26.9. The Morgan fingerprint density at radius 3 is 1.86 bits per heavy atom. The normalized spacial score (nSPS) is 22.9. The highest BCUT2D eigenvalue weighted by Crippen LogP contribution is 2.43. The van der Waals surface area contributed by atoms with Crippen LogP contribution < -0.4 is 0 Å². The quantitative estimate of drug-likeness (QED) is 0.259. The molecule has 2 aliphatic carbocycles. The van der Waals surface area contributed by atoms with Crippen molar-refractivity contribution in [1.82, 2.24) is 9.80 Å². The first-order valence-corrected chi connectivity index (χ1v) is 13.0. The van der Waals surface area contributed by atoms with Crippen molar-refractivity contribution in [3.05, 3.63) is 12.2 Å². The van der Waals surface area contributed by atoms with Crippen molar-refractivity contribution >= 4 is 29.8 Å². The first-order chi connectivity index (χ1) is 16.9. The van der Waals surface area contributed by atoms with Crippen LogP contribution in [-0.4, -0.2) is 64.9 Å². The third kappa shape index (κ3) is 5.93. The van der Waals surface area contributed by atoms with Gasteiger partial charge in [-0.05, 0) is 58.8 Å². The highest BCUT2D eigenvalue weighted by atomic mass is 16.5. The van der Waals surface area contributed by atoms with E-state index in [1.165, 1.54) is 9.80 Å². The molecule has 0 aromatic rings. The third-order valence-corrected chi connectivity index (χ3v) is 7.34. The lowest BCUT2D eigenvalue weighted by atomic mass is 9.73. The Kier molecular flexibility index (Phi) is 9.46. The molecule has 1 unspecified atom stereocenters. The zero-order valence-electron chi connectivity index (χ0n) is 21.0. The van der Waals surface area contributed by atoms with Crippen LogP contribution in [0.25, 0.3) is 0 Å². The van der Waals surface area contributed by atoms with Crippen LogP contribution in [0.3, 0.4) is 0 Å². The minimum Gasteiger partial charge on any atom is -0.466 e. The molecule has 0 N–H and O–H groups in total. The second-order valence-electron chi connectivity index (χ2n) is 9.56. The average Bonchev–Trinajstić information content (AvgIpc) is 2.85. The van der Waals surface area contributed by atoms with Crippen LogP contribution in [0.4, 0.5) is 4.79 Å². The Labute approximate surface area is 207 Å². The van der Waals surface area contributed by atoms with Gasteiger partial charge in [0.2, 0.25) is 11.8 Å². The largest absolute Gasteiger partial charge is 0.466 e. The van der Waals surface area contributed by atoms with E-state index in [0.717, 1.165) is 25.7 Å². The number of carbonyl (C=O) groups excluding carboxylic acids is 5. The average molecular weight is 491 g/mol. The molecule has 0 aromatic heterocycles. The van der Waals surface area contributed by atoms with Crippen molar-refractivity contribution in [3.8, 4) is 0 Å². The van der Waals surface area contributed by atoms with E-state index in [1.54, 1.807) is 13.8 Å². The molecule has 35 heavy (non-hydrogen) atoms. The maximum absolute atomic E-state index is 14.1. The number of imide groups is 2. The number of hydrogen-bond donors (Lipinski definition) is 0. The van der Waals surface area contributed by atoms with Crippen LogP contribution in [-0.2, 0) is 28.7 Å². The van der Waals surface area contributed by atoms with Gasteiger partial charge in [0.1, 0.15) is 5.41 Å². The smallest absolute Gasteiger partial charge is 0.333 e. The number of rotatable bonds is 10. The van der Waals surface area contributed by atoms with Crippen LogP contribution >= 0.6 is 0 Å². The van der Waals surface area contributed by atoms with Gasteiger partial charge < -0.3 is 9.47 Å². The third-order valence-electron chi connectivity index (χ3n) is 7.34. The minimum atomic E-state index is -1.69. The Hall–Kier alpha value is -2.71. The number of amides is 4. The van der Waals surface area contributed by atoms with E-state index < -0.39 is 35.2 Å². The van der Waals surface area contributed by atoms with E-state index >= 15 is 0 Å². The molecule has 4 amide bonds. The molecule has 194 valence electrons. The number of allylic oxidation sites excluding steroid dienone is 1. The second-order valence-corrected chi connectivity index (χ2v) is 9.56. The fourth-order valence-electron chi connectivity index (χ4n) is 5.49. The Bertz CT molecular complexity index is 825. The van der Waals surface area contributed by atoms with Crippen molar-refractivity contribution in [2.24, 2.45) is 5.41 Å². The zero-order chi connectivity index (χ0) is 25.4. The predicted octanol–water partition coefficient (Wildman–Crippen LogP) is 3.89. The Morgan fingerprint density at radius 2 is 1.37 bits per heavy atom. The molecule has 0 radical (unpaired) electrons. The monoisotopic (exact) mass is 490 g/mol. The molecule has 9 nitrogen and oxygen atoms in total. The van der Waals surface area contributed by atoms with Crippen LogP contribution in [0.15, 0.2) is 12.2 Å². The van der Waals surface area contributed by atoms with Crippen molar-refractivity contribution in [3.63, 3.8) is 0 Å². The summed E-state index contributed by atoms with van der Waals surface area (Å²) in [6.45, 7) is 3.74. The molecule has 0 bridgehead atoms. The fourth-order valence-corrected chi connectivity index (χ4v) is 5.49. The van der Waals surface area contributed by atoms with Crippen LogP contribution in [0, 0.1) is 5.41 Å². The van der Waals surface area contributed by atoms with Crippen LogP contribution in [0.1, 0.15) is 90.9 Å². The maximum Gasteiger partial charge on any atom is 0.333 e. The van der Waals surface area contributed by atoms with E-state index in [0.29, 0.717) is 25.7 Å². The van der Waals surface area contributed by atoms with Gasteiger partial charge in [0.05, 0.1) is 13.2 Å². The summed E-state index contributed by atoms with van der Waals surface area (Å²) in [4.78, 5) is 69.0. The molecule has 9 heteroatoms. The van der Waals surface area contributed by atoms with Gasteiger partial charge in [-0.25, -0.2) is 4.79 Å². The van der Waals surface area contributed by atoms with Gasteiger partial charge in [-0.15, -0.1) is 0 Å². The van der Waals surface area contributed by atoms with Crippen molar-refractivity contribution in [2.45, 2.75) is 103 Å². The molecule has 1 aliphatic heterocycles. The number of carbonyl (C=O) groups is 5. The molecular weight excluding hydrogens is 452 g/mol. The van der Waals surface area contributed by atoms with Crippen molar-refractivity contribution in [2.75, 3.05) is 13.2 Å². The molecule has 1 saturated heterocycles. The summed E-state index contributed by atoms with van der Waals surface area (Å²) < 4.78 is 10.1. The Morgan fingerprint density at radius 1 is 0.829 bits per heavy atom. The second kappa shape index (κ2) is 12.3. The summed E-state index contributed by atoms with van der Waals surface area (Å²) in [6.07, 6.45) is 9.55. The van der Waals surface area contributed by atoms with E-state index in [2.05, 4.69) is 0 Å². The van der Waals surface area contributed by atoms with Gasteiger partial charge in [0.15, 0.2) is 0 Å². The van der Waals surface area contributed by atoms with E-state index in [1.807, 2.05) is 12.2 Å². The maximum atomic E-state index is 14.1. The van der Waals surface area contributed by atoms with E-state index in [4.69, 9.17) is 9.47 Å². The number of barbiturate groups is 1. The molecule has 3 rings (SSSR count). The van der Waals surface area contributed by atoms with Gasteiger partial charge in [0, 0.05) is 24.9 Å². The molecule has 2 fully saturated rings. The zero-order valence-corrected chi connectivity index (χ0v) is 21.0.